The van der Waals surface area contributed by atoms with Gasteiger partial charge in [-0.3, -0.25) is 4.99 Å². The molecule has 0 atom stereocenters. The molecule has 0 radical (unpaired) electrons. The fourth-order valence-corrected chi connectivity index (χ4v) is 3.14. The number of nitrogens with one attached hydrogen (secondary N) is 2. The zero-order valence-electron chi connectivity index (χ0n) is 14.5. The van der Waals surface area contributed by atoms with Crippen molar-refractivity contribution in [1.82, 2.24) is 10.6 Å². The van der Waals surface area contributed by atoms with Gasteiger partial charge in [0.2, 0.25) is 0 Å². The summed E-state index contributed by atoms with van der Waals surface area (Å²) in [5.74, 6) is 0.214. The van der Waals surface area contributed by atoms with Crippen LogP contribution in [0.1, 0.15) is 29.5 Å². The third kappa shape index (κ3) is 4.14. The van der Waals surface area contributed by atoms with Crippen LogP contribution in [0.15, 0.2) is 47.5 Å². The average Bonchev–Trinajstić information content (AvgIpc) is 3.44. The molecular weight excluding hydrogens is 351 g/mol. The lowest BCUT2D eigenvalue weighted by molar-refractivity contribution is 0.601. The van der Waals surface area contributed by atoms with Gasteiger partial charge in [-0.2, -0.15) is 5.26 Å². The number of benzene rings is 2. The highest BCUT2D eigenvalue weighted by Crippen LogP contribution is 2.48. The first-order chi connectivity index (χ1) is 12.6. The number of hydrogen-bond donors (Lipinski definition) is 2. The van der Waals surface area contributed by atoms with Crippen LogP contribution in [0, 0.1) is 17.1 Å². The molecule has 1 aliphatic carbocycles. The third-order valence-electron chi connectivity index (χ3n) is 4.74. The van der Waals surface area contributed by atoms with Gasteiger partial charge >= 0.3 is 0 Å². The molecule has 2 aromatic rings. The van der Waals surface area contributed by atoms with Crippen LogP contribution in [-0.2, 0) is 12.0 Å². The van der Waals surface area contributed by atoms with E-state index in [1.54, 1.807) is 19.2 Å². The summed E-state index contributed by atoms with van der Waals surface area (Å²) in [5.41, 5.74) is 2.11. The van der Waals surface area contributed by atoms with Crippen molar-refractivity contribution in [3.05, 3.63) is 70.0 Å². The van der Waals surface area contributed by atoms with Gasteiger partial charge in [0.25, 0.3) is 0 Å². The molecule has 1 saturated carbocycles. The van der Waals surface area contributed by atoms with E-state index in [0.717, 1.165) is 24.4 Å². The average molecular weight is 371 g/mol. The van der Waals surface area contributed by atoms with Crippen LogP contribution in [0.25, 0.3) is 0 Å². The van der Waals surface area contributed by atoms with E-state index in [1.807, 2.05) is 24.3 Å². The predicted molar refractivity (Wildman–Crippen MR) is 102 cm³/mol. The number of rotatable bonds is 5. The first kappa shape index (κ1) is 18.2. The van der Waals surface area contributed by atoms with Gasteiger partial charge < -0.3 is 10.6 Å². The predicted octanol–water partition coefficient (Wildman–Crippen LogP) is 3.75. The van der Waals surface area contributed by atoms with E-state index in [9.17, 15) is 4.39 Å². The van der Waals surface area contributed by atoms with Crippen LogP contribution >= 0.6 is 11.6 Å². The zero-order valence-corrected chi connectivity index (χ0v) is 15.3. The molecule has 2 N–H and O–H groups in total. The van der Waals surface area contributed by atoms with Crippen LogP contribution < -0.4 is 10.6 Å². The van der Waals surface area contributed by atoms with Crippen molar-refractivity contribution in [1.29, 1.82) is 5.26 Å². The number of aliphatic imine (C=N–C) groups is 1. The first-order valence-corrected chi connectivity index (χ1v) is 8.83. The molecule has 1 fully saturated rings. The molecule has 0 saturated heterocycles. The van der Waals surface area contributed by atoms with Crippen molar-refractivity contribution in [2.75, 3.05) is 13.6 Å². The van der Waals surface area contributed by atoms with Crippen molar-refractivity contribution in [3.8, 4) is 6.07 Å². The molecule has 134 valence electrons. The summed E-state index contributed by atoms with van der Waals surface area (Å²) in [6.45, 7) is 1.03. The molecule has 0 heterocycles. The molecule has 26 heavy (non-hydrogen) atoms. The summed E-state index contributed by atoms with van der Waals surface area (Å²) in [5, 5.41) is 16.0. The Hall–Kier alpha value is -2.58. The molecule has 0 aliphatic heterocycles. The second-order valence-corrected chi connectivity index (χ2v) is 6.92. The van der Waals surface area contributed by atoms with Crippen LogP contribution in [0.4, 0.5) is 4.39 Å². The minimum atomic E-state index is -0.399. The normalized spacial score (nSPS) is 15.2. The molecule has 4 nitrogen and oxygen atoms in total. The van der Waals surface area contributed by atoms with Gasteiger partial charge in [-0.1, -0.05) is 29.8 Å². The highest BCUT2D eigenvalue weighted by Gasteiger charge is 2.44. The van der Waals surface area contributed by atoms with Crippen molar-refractivity contribution < 1.29 is 4.39 Å². The molecule has 0 bridgehead atoms. The molecule has 0 spiro atoms. The quantitative estimate of drug-likeness (QED) is 0.622. The molecule has 3 rings (SSSR count). The smallest absolute Gasteiger partial charge is 0.191 e. The van der Waals surface area contributed by atoms with E-state index in [1.165, 1.54) is 11.6 Å². The number of hydrogen-bond acceptors (Lipinski definition) is 2. The standard InChI is InChI=1S/C20H20ClFN4/c1-24-19(25-12-15-6-5-14(11-23)9-18(15)22)26-13-20(7-8-20)16-3-2-4-17(21)10-16/h2-6,9-10H,7-8,12-13H2,1H3,(H2,24,25,26). The summed E-state index contributed by atoms with van der Waals surface area (Å²) in [7, 11) is 1.68. The Bertz CT molecular complexity index is 868. The lowest BCUT2D eigenvalue weighted by Gasteiger charge is -2.19. The Kier molecular flexibility index (Phi) is 5.43. The summed E-state index contributed by atoms with van der Waals surface area (Å²) < 4.78 is 14.0. The number of nitriles is 1. The van der Waals surface area contributed by atoms with E-state index in [2.05, 4.69) is 21.7 Å². The highest BCUT2D eigenvalue weighted by atomic mass is 35.5. The fraction of sp³-hybridized carbons (Fsp3) is 0.300. The zero-order chi connectivity index (χ0) is 18.6. The van der Waals surface area contributed by atoms with E-state index >= 15 is 0 Å². The van der Waals surface area contributed by atoms with Gasteiger partial charge in [0.1, 0.15) is 5.82 Å². The van der Waals surface area contributed by atoms with Crippen LogP contribution in [0.3, 0.4) is 0 Å². The van der Waals surface area contributed by atoms with Crippen molar-refractivity contribution in [2.24, 2.45) is 4.99 Å². The van der Waals surface area contributed by atoms with Crippen molar-refractivity contribution in [2.45, 2.75) is 24.8 Å². The summed E-state index contributed by atoms with van der Waals surface area (Å²) >= 11 is 6.11. The SMILES string of the molecule is CN=C(NCc1ccc(C#N)cc1F)NCC1(c2cccc(Cl)c2)CC1. The summed E-state index contributed by atoms with van der Waals surface area (Å²) in [6.07, 6.45) is 2.20. The number of halogens is 2. The molecule has 0 aromatic heterocycles. The summed E-state index contributed by atoms with van der Waals surface area (Å²) in [4.78, 5) is 4.20. The maximum absolute atomic E-state index is 14.0. The van der Waals surface area contributed by atoms with Crippen LogP contribution in [0.5, 0.6) is 0 Å². The molecule has 6 heteroatoms. The topological polar surface area (TPSA) is 60.2 Å². The minimum absolute atomic E-state index is 0.0855. The van der Waals surface area contributed by atoms with E-state index in [0.29, 0.717) is 23.6 Å². The third-order valence-corrected chi connectivity index (χ3v) is 4.97. The van der Waals surface area contributed by atoms with Gasteiger partial charge in [0.15, 0.2) is 5.96 Å². The van der Waals surface area contributed by atoms with Crippen molar-refractivity contribution >= 4 is 17.6 Å². The fourth-order valence-electron chi connectivity index (χ4n) is 2.95. The van der Waals surface area contributed by atoms with Gasteiger partial charge in [-0.15, -0.1) is 0 Å². The number of guanidine groups is 1. The molecule has 0 unspecified atom stereocenters. The van der Waals surface area contributed by atoms with Gasteiger partial charge in [-0.05, 0) is 42.7 Å². The lowest BCUT2D eigenvalue weighted by atomic mass is 9.96. The lowest BCUT2D eigenvalue weighted by Crippen LogP contribution is -2.41. The minimum Gasteiger partial charge on any atom is -0.356 e. The Morgan fingerprint density at radius 2 is 2.08 bits per heavy atom. The van der Waals surface area contributed by atoms with E-state index in [-0.39, 0.29) is 5.41 Å². The highest BCUT2D eigenvalue weighted by molar-refractivity contribution is 6.30. The number of nitrogens with zero attached hydrogens (tertiary/aromatic N) is 2. The second kappa shape index (κ2) is 7.76. The van der Waals surface area contributed by atoms with Crippen LogP contribution in [0.2, 0.25) is 5.02 Å². The van der Waals surface area contributed by atoms with E-state index in [4.69, 9.17) is 16.9 Å². The second-order valence-electron chi connectivity index (χ2n) is 6.49. The Morgan fingerprint density at radius 3 is 2.69 bits per heavy atom. The molecule has 2 aromatic carbocycles. The Labute approximate surface area is 157 Å². The maximum atomic E-state index is 14.0. The monoisotopic (exact) mass is 370 g/mol. The molecule has 0 amide bonds. The first-order valence-electron chi connectivity index (χ1n) is 8.45. The van der Waals surface area contributed by atoms with Crippen LogP contribution in [-0.4, -0.2) is 19.6 Å². The Morgan fingerprint density at radius 1 is 1.27 bits per heavy atom. The van der Waals surface area contributed by atoms with Crippen molar-refractivity contribution in [3.63, 3.8) is 0 Å². The Balaban J connectivity index is 1.58. The van der Waals surface area contributed by atoms with Gasteiger partial charge in [0.05, 0.1) is 11.6 Å². The van der Waals surface area contributed by atoms with Gasteiger partial charge in [0, 0.05) is 36.1 Å². The van der Waals surface area contributed by atoms with E-state index < -0.39 is 5.82 Å². The molecule has 1 aliphatic rings. The van der Waals surface area contributed by atoms with Gasteiger partial charge in [-0.25, -0.2) is 4.39 Å². The molecular formula is C20H20ClFN4. The maximum Gasteiger partial charge on any atom is 0.191 e. The largest absolute Gasteiger partial charge is 0.356 e. The summed E-state index contributed by atoms with van der Waals surface area (Å²) in [6, 6.07) is 14.3.